The average molecular weight is 328 g/mol. The fourth-order valence-corrected chi connectivity index (χ4v) is 3.75. The Bertz CT molecular complexity index is 579. The van der Waals surface area contributed by atoms with Crippen molar-refractivity contribution in [2.24, 2.45) is 22.4 Å². The zero-order valence-corrected chi connectivity index (χ0v) is 13.8. The number of carbonyl (C=O) groups excluding carboxylic acids is 2. The minimum atomic E-state index is -0.367. The molecule has 2 atom stereocenters. The van der Waals surface area contributed by atoms with Crippen molar-refractivity contribution in [1.82, 2.24) is 0 Å². The molecule has 0 radical (unpaired) electrons. The van der Waals surface area contributed by atoms with Crippen LogP contribution in [0.3, 0.4) is 0 Å². The van der Waals surface area contributed by atoms with E-state index in [9.17, 15) is 9.59 Å². The van der Waals surface area contributed by atoms with E-state index < -0.39 is 0 Å². The molecule has 21 heavy (non-hydrogen) atoms. The lowest BCUT2D eigenvalue weighted by atomic mass is 9.53. The maximum atomic E-state index is 11.8. The second-order valence-electron chi connectivity index (χ2n) is 5.96. The predicted molar refractivity (Wildman–Crippen MR) is 83.7 cm³/mol. The predicted octanol–water partition coefficient (Wildman–Crippen LogP) is 3.92. The molecule has 0 N–H and O–H groups in total. The summed E-state index contributed by atoms with van der Waals surface area (Å²) in [7, 11) is 0. The van der Waals surface area contributed by atoms with Gasteiger partial charge in [0.25, 0.3) is 0 Å². The van der Waals surface area contributed by atoms with Crippen LogP contribution in [0.25, 0.3) is 0 Å². The van der Waals surface area contributed by atoms with Crippen molar-refractivity contribution in [2.75, 3.05) is 0 Å². The lowest BCUT2D eigenvalue weighted by molar-refractivity contribution is -0.153. The van der Waals surface area contributed by atoms with E-state index >= 15 is 0 Å². The van der Waals surface area contributed by atoms with E-state index in [1.165, 1.54) is 17.6 Å². The van der Waals surface area contributed by atoms with Gasteiger partial charge in [0.2, 0.25) is 0 Å². The molecule has 4 nitrogen and oxygen atoms in total. The zero-order chi connectivity index (χ0) is 15.6. The lowest BCUT2D eigenvalue weighted by Crippen LogP contribution is -2.48. The van der Waals surface area contributed by atoms with E-state index in [0.717, 1.165) is 11.3 Å². The van der Waals surface area contributed by atoms with Gasteiger partial charge in [0.1, 0.15) is 5.78 Å². The molecular weight excluding hydrogens is 310 g/mol. The van der Waals surface area contributed by atoms with Crippen LogP contribution in [-0.2, 0) is 14.4 Å². The fraction of sp³-hybridized carbons (Fsp3) is 0.533. The number of nitrogens with zero attached hydrogens (tertiary/aromatic N) is 1. The van der Waals surface area contributed by atoms with Gasteiger partial charge >= 0.3 is 5.97 Å². The highest BCUT2D eigenvalue weighted by molar-refractivity contribution is 7.17. The molecule has 0 bridgehead atoms. The second-order valence-corrected chi connectivity index (χ2v) is 7.71. The van der Waals surface area contributed by atoms with Gasteiger partial charge in [0.15, 0.2) is 0 Å². The molecule has 6 heteroatoms. The van der Waals surface area contributed by atoms with E-state index in [4.69, 9.17) is 16.4 Å². The van der Waals surface area contributed by atoms with Crippen molar-refractivity contribution in [1.29, 1.82) is 0 Å². The first-order chi connectivity index (χ1) is 9.80. The maximum absolute atomic E-state index is 11.8. The summed E-state index contributed by atoms with van der Waals surface area (Å²) in [6.07, 6.45) is 2.51. The summed E-state index contributed by atoms with van der Waals surface area (Å²) in [5.74, 6) is 0.0449. The monoisotopic (exact) mass is 327 g/mol. The highest BCUT2D eigenvalue weighted by Crippen LogP contribution is 2.53. The number of hydrogen-bond acceptors (Lipinski definition) is 5. The van der Waals surface area contributed by atoms with Crippen LogP contribution in [0, 0.1) is 17.3 Å². The van der Waals surface area contributed by atoms with Crippen LogP contribution in [-0.4, -0.2) is 18.0 Å². The minimum Gasteiger partial charge on any atom is -0.318 e. The first kappa shape index (κ1) is 16.2. The van der Waals surface area contributed by atoms with Gasteiger partial charge in [-0.2, -0.15) is 0 Å². The molecule has 1 aromatic heterocycles. The number of rotatable bonds is 5. The molecule has 1 aliphatic carbocycles. The first-order valence-electron chi connectivity index (χ1n) is 6.79. The van der Waals surface area contributed by atoms with Gasteiger partial charge in [0, 0.05) is 5.92 Å². The molecule has 2 rings (SSSR count). The number of hydrogen-bond donors (Lipinski definition) is 0. The zero-order valence-electron chi connectivity index (χ0n) is 12.3. The molecule has 1 aliphatic rings. The molecular formula is C15H18ClNO3S. The van der Waals surface area contributed by atoms with Gasteiger partial charge in [-0.1, -0.05) is 30.6 Å². The van der Waals surface area contributed by atoms with Crippen molar-refractivity contribution < 1.29 is 14.4 Å². The molecule has 0 amide bonds. The van der Waals surface area contributed by atoms with Crippen LogP contribution in [0.15, 0.2) is 17.3 Å². The summed E-state index contributed by atoms with van der Waals surface area (Å²) in [5.41, 5.74) is -0.143. The Balaban J connectivity index is 1.81. The van der Waals surface area contributed by atoms with Gasteiger partial charge in [-0.15, -0.1) is 11.3 Å². The molecule has 0 saturated heterocycles. The number of Topliss-reactive ketones (excluding diaryl/α,β-unsaturated/α-hetero) is 1. The molecule has 0 spiro atoms. The molecule has 1 heterocycles. The number of carbonyl (C=O) groups is 2. The third kappa shape index (κ3) is 3.71. The van der Waals surface area contributed by atoms with Crippen molar-refractivity contribution in [3.63, 3.8) is 0 Å². The van der Waals surface area contributed by atoms with Gasteiger partial charge in [0.05, 0.1) is 21.8 Å². The fourth-order valence-electron chi connectivity index (χ4n) is 2.83. The molecule has 0 unspecified atom stereocenters. The van der Waals surface area contributed by atoms with Crippen LogP contribution in [0.5, 0.6) is 0 Å². The van der Waals surface area contributed by atoms with Crippen molar-refractivity contribution >= 4 is 40.9 Å². The third-order valence-electron chi connectivity index (χ3n) is 4.30. The smallest absolute Gasteiger partial charge is 0.318 e. The van der Waals surface area contributed by atoms with Gasteiger partial charge in [-0.05, 0) is 36.8 Å². The maximum Gasteiger partial charge on any atom is 0.335 e. The first-order valence-corrected chi connectivity index (χ1v) is 7.99. The minimum absolute atomic E-state index is 0.0482. The largest absolute Gasteiger partial charge is 0.335 e. The molecule has 1 aromatic rings. The molecule has 114 valence electrons. The Labute approximate surface area is 133 Å². The summed E-state index contributed by atoms with van der Waals surface area (Å²) in [6, 6.07) is 3.56. The summed E-state index contributed by atoms with van der Waals surface area (Å²) >= 11 is 7.15. The Morgan fingerprint density at radius 3 is 2.76 bits per heavy atom. The second kappa shape index (κ2) is 6.28. The van der Waals surface area contributed by atoms with Gasteiger partial charge in [-0.3, -0.25) is 4.79 Å². The van der Waals surface area contributed by atoms with Crippen LogP contribution in [0.4, 0.5) is 0 Å². The highest BCUT2D eigenvalue weighted by Gasteiger charge is 2.50. The van der Waals surface area contributed by atoms with E-state index in [-0.39, 0.29) is 29.0 Å². The molecule has 1 saturated carbocycles. The molecule has 0 aliphatic heterocycles. The SMILES string of the molecule is CC(=O)[C@H]1C[C@@H](CC(=O)ON=Cc2ccc(Cl)s2)C1(C)C. The highest BCUT2D eigenvalue weighted by atomic mass is 35.5. The summed E-state index contributed by atoms with van der Waals surface area (Å²) in [4.78, 5) is 28.9. The number of halogens is 1. The van der Waals surface area contributed by atoms with Crippen LogP contribution in [0.1, 0.15) is 38.5 Å². The Kier molecular flexibility index (Phi) is 4.84. The van der Waals surface area contributed by atoms with Crippen LogP contribution < -0.4 is 0 Å². The van der Waals surface area contributed by atoms with E-state index in [2.05, 4.69) is 5.16 Å². The summed E-state index contributed by atoms with van der Waals surface area (Å²) < 4.78 is 0.661. The Morgan fingerprint density at radius 2 is 2.24 bits per heavy atom. The number of thiophene rings is 1. The van der Waals surface area contributed by atoms with E-state index in [1.807, 2.05) is 13.8 Å². The average Bonchev–Trinajstić information content (AvgIpc) is 2.79. The van der Waals surface area contributed by atoms with E-state index in [1.54, 1.807) is 19.1 Å². The normalized spacial score (nSPS) is 23.8. The third-order valence-corrected chi connectivity index (χ3v) is 5.47. The van der Waals surface area contributed by atoms with Crippen molar-refractivity contribution in [3.05, 3.63) is 21.3 Å². The molecule has 1 fully saturated rings. The summed E-state index contributed by atoms with van der Waals surface area (Å²) in [5, 5.41) is 3.68. The quantitative estimate of drug-likeness (QED) is 0.468. The van der Waals surface area contributed by atoms with Crippen molar-refractivity contribution in [2.45, 2.75) is 33.6 Å². The standard InChI is InChI=1S/C15H18ClNO3S/c1-9(18)12-6-10(15(12,2)3)7-14(19)20-17-8-11-4-5-13(16)21-11/h4-5,8,10,12H,6-7H2,1-3H3/t10-,12+/m0/s1. The number of ketones is 1. The van der Waals surface area contributed by atoms with Crippen molar-refractivity contribution in [3.8, 4) is 0 Å². The molecule has 0 aromatic carbocycles. The van der Waals surface area contributed by atoms with E-state index in [0.29, 0.717) is 10.8 Å². The van der Waals surface area contributed by atoms with Crippen LogP contribution in [0.2, 0.25) is 4.34 Å². The van der Waals surface area contributed by atoms with Gasteiger partial charge < -0.3 is 4.84 Å². The topological polar surface area (TPSA) is 55.7 Å². The van der Waals surface area contributed by atoms with Gasteiger partial charge in [-0.25, -0.2) is 4.79 Å². The lowest BCUT2D eigenvalue weighted by Gasteiger charge is -2.50. The summed E-state index contributed by atoms with van der Waals surface area (Å²) in [6.45, 7) is 5.66. The Hall–Kier alpha value is -1.20. The Morgan fingerprint density at radius 1 is 1.52 bits per heavy atom. The number of oxime groups is 1. The van der Waals surface area contributed by atoms with Crippen LogP contribution >= 0.6 is 22.9 Å².